The Kier molecular flexibility index (Phi) is 4.94. The predicted molar refractivity (Wildman–Crippen MR) is 93.5 cm³/mol. The number of likely N-dealkylation sites (tertiary alicyclic amines) is 2. The first-order valence-electron chi connectivity index (χ1n) is 9.42. The zero-order chi connectivity index (χ0) is 16.2. The van der Waals surface area contributed by atoms with Crippen LogP contribution >= 0.6 is 0 Å². The Bertz CT molecular complexity index is 582. The standard InChI is InChI=1S/C18H28N6/c1-3-9-21(10-4-1)15-17-19-20-18(16-22-11-5-2-6-12-22)24(17)23-13-7-8-14-23/h7-8,13-14H,1-6,9-12,15-16H2. The molecule has 0 aromatic carbocycles. The molecule has 2 aliphatic rings. The van der Waals surface area contributed by atoms with Crippen molar-refractivity contribution in [3.8, 4) is 0 Å². The summed E-state index contributed by atoms with van der Waals surface area (Å²) in [4.78, 5) is 5.02. The summed E-state index contributed by atoms with van der Waals surface area (Å²) in [6, 6.07) is 4.13. The molecule has 0 radical (unpaired) electrons. The fourth-order valence-electron chi connectivity index (χ4n) is 3.91. The van der Waals surface area contributed by atoms with Crippen LogP contribution in [0.2, 0.25) is 0 Å². The van der Waals surface area contributed by atoms with Crippen LogP contribution in [0.4, 0.5) is 0 Å². The van der Waals surface area contributed by atoms with Crippen LogP contribution in [0.5, 0.6) is 0 Å². The van der Waals surface area contributed by atoms with Gasteiger partial charge in [-0.15, -0.1) is 10.2 Å². The predicted octanol–water partition coefficient (Wildman–Crippen LogP) is 2.36. The third kappa shape index (κ3) is 3.54. The quantitative estimate of drug-likeness (QED) is 0.845. The molecule has 6 heteroatoms. The van der Waals surface area contributed by atoms with Gasteiger partial charge >= 0.3 is 0 Å². The van der Waals surface area contributed by atoms with E-state index in [1.807, 2.05) is 0 Å². The molecule has 2 saturated heterocycles. The lowest BCUT2D eigenvalue weighted by molar-refractivity contribution is 0.205. The first-order valence-corrected chi connectivity index (χ1v) is 9.42. The molecule has 2 aromatic rings. The van der Waals surface area contributed by atoms with Crippen LogP contribution in [-0.2, 0) is 13.1 Å². The molecule has 0 aliphatic carbocycles. The number of nitrogens with zero attached hydrogens (tertiary/aromatic N) is 6. The average molecular weight is 328 g/mol. The lowest BCUT2D eigenvalue weighted by Crippen LogP contribution is -2.33. The normalized spacial score (nSPS) is 20.5. The van der Waals surface area contributed by atoms with E-state index in [1.54, 1.807) is 0 Å². The summed E-state index contributed by atoms with van der Waals surface area (Å²) in [5.74, 6) is 2.11. The molecule has 130 valence electrons. The third-order valence-corrected chi connectivity index (χ3v) is 5.22. The molecule has 2 aliphatic heterocycles. The van der Waals surface area contributed by atoms with Crippen molar-refractivity contribution in [3.05, 3.63) is 36.2 Å². The minimum atomic E-state index is 0.894. The van der Waals surface area contributed by atoms with Crippen LogP contribution < -0.4 is 0 Å². The van der Waals surface area contributed by atoms with Crippen LogP contribution in [-0.4, -0.2) is 55.5 Å². The fraction of sp³-hybridized carbons (Fsp3) is 0.667. The van der Waals surface area contributed by atoms with Gasteiger partial charge in [-0.3, -0.25) is 14.5 Å². The van der Waals surface area contributed by atoms with Gasteiger partial charge in [0.25, 0.3) is 0 Å². The second-order valence-corrected chi connectivity index (χ2v) is 7.08. The summed E-state index contributed by atoms with van der Waals surface area (Å²) in [5.41, 5.74) is 0. The van der Waals surface area contributed by atoms with Crippen molar-refractivity contribution >= 4 is 0 Å². The van der Waals surface area contributed by atoms with E-state index in [0.717, 1.165) is 24.7 Å². The minimum absolute atomic E-state index is 0.894. The highest BCUT2D eigenvalue weighted by Gasteiger charge is 2.20. The van der Waals surface area contributed by atoms with E-state index in [0.29, 0.717) is 0 Å². The highest BCUT2D eigenvalue weighted by molar-refractivity contribution is 5.02. The molecule has 0 atom stereocenters. The topological polar surface area (TPSA) is 42.1 Å². The van der Waals surface area contributed by atoms with Crippen LogP contribution in [0.25, 0.3) is 0 Å². The maximum absolute atomic E-state index is 4.56. The van der Waals surface area contributed by atoms with E-state index in [9.17, 15) is 0 Å². The Morgan fingerprint density at radius 1 is 0.667 bits per heavy atom. The second kappa shape index (κ2) is 7.49. The number of hydrogen-bond donors (Lipinski definition) is 0. The summed E-state index contributed by atoms with van der Waals surface area (Å²) >= 11 is 0. The molecule has 0 saturated carbocycles. The van der Waals surface area contributed by atoms with E-state index >= 15 is 0 Å². The van der Waals surface area contributed by atoms with Crippen molar-refractivity contribution < 1.29 is 0 Å². The van der Waals surface area contributed by atoms with Gasteiger partial charge in [-0.25, -0.2) is 4.68 Å². The Morgan fingerprint density at radius 3 is 1.58 bits per heavy atom. The molecule has 0 spiro atoms. The summed E-state index contributed by atoms with van der Waals surface area (Å²) < 4.78 is 4.34. The molecule has 0 N–H and O–H groups in total. The fourth-order valence-corrected chi connectivity index (χ4v) is 3.91. The maximum Gasteiger partial charge on any atom is 0.167 e. The Hall–Kier alpha value is -1.66. The summed E-state index contributed by atoms with van der Waals surface area (Å²) in [6.07, 6.45) is 12.1. The SMILES string of the molecule is c1ccn(-n2c(CN3CCCCC3)nnc2CN2CCCCC2)c1. The van der Waals surface area contributed by atoms with E-state index in [2.05, 4.69) is 53.9 Å². The number of aromatic nitrogens is 4. The molecular weight excluding hydrogens is 300 g/mol. The summed E-state index contributed by atoms with van der Waals surface area (Å²) in [5, 5.41) is 9.11. The molecule has 4 rings (SSSR count). The first kappa shape index (κ1) is 15.8. The van der Waals surface area contributed by atoms with Crippen LogP contribution in [0, 0.1) is 0 Å². The molecule has 24 heavy (non-hydrogen) atoms. The van der Waals surface area contributed by atoms with Crippen molar-refractivity contribution in [2.75, 3.05) is 26.2 Å². The van der Waals surface area contributed by atoms with Crippen molar-refractivity contribution in [2.24, 2.45) is 0 Å². The molecule has 0 amide bonds. The van der Waals surface area contributed by atoms with Gasteiger partial charge in [0, 0.05) is 12.4 Å². The van der Waals surface area contributed by atoms with E-state index in [1.165, 1.54) is 64.7 Å². The zero-order valence-electron chi connectivity index (χ0n) is 14.5. The molecule has 2 fully saturated rings. The van der Waals surface area contributed by atoms with Gasteiger partial charge in [-0.05, 0) is 64.0 Å². The van der Waals surface area contributed by atoms with Crippen LogP contribution in [0.1, 0.15) is 50.2 Å². The lowest BCUT2D eigenvalue weighted by atomic mass is 10.1. The van der Waals surface area contributed by atoms with Crippen LogP contribution in [0.15, 0.2) is 24.5 Å². The molecule has 2 aromatic heterocycles. The van der Waals surface area contributed by atoms with Gasteiger partial charge < -0.3 is 0 Å². The maximum atomic E-state index is 4.56. The smallest absolute Gasteiger partial charge is 0.167 e. The monoisotopic (exact) mass is 328 g/mol. The van der Waals surface area contributed by atoms with Crippen molar-refractivity contribution in [1.29, 1.82) is 0 Å². The van der Waals surface area contributed by atoms with Crippen molar-refractivity contribution in [3.63, 3.8) is 0 Å². The van der Waals surface area contributed by atoms with Gasteiger partial charge in [0.1, 0.15) is 0 Å². The molecule has 6 nitrogen and oxygen atoms in total. The molecule has 0 unspecified atom stereocenters. The zero-order valence-corrected chi connectivity index (χ0v) is 14.5. The number of rotatable bonds is 5. The van der Waals surface area contributed by atoms with E-state index in [4.69, 9.17) is 0 Å². The summed E-state index contributed by atoms with van der Waals surface area (Å²) in [7, 11) is 0. The average Bonchev–Trinajstić information content (AvgIpc) is 3.27. The Balaban J connectivity index is 1.56. The molecular formula is C18H28N6. The van der Waals surface area contributed by atoms with Crippen LogP contribution in [0.3, 0.4) is 0 Å². The molecule has 4 heterocycles. The minimum Gasteiger partial charge on any atom is -0.296 e. The van der Waals surface area contributed by atoms with E-state index < -0.39 is 0 Å². The largest absolute Gasteiger partial charge is 0.296 e. The second-order valence-electron chi connectivity index (χ2n) is 7.08. The Morgan fingerprint density at radius 2 is 1.12 bits per heavy atom. The van der Waals surface area contributed by atoms with Gasteiger partial charge in [0.2, 0.25) is 0 Å². The van der Waals surface area contributed by atoms with E-state index in [-0.39, 0.29) is 0 Å². The highest BCUT2D eigenvalue weighted by atomic mass is 15.5. The van der Waals surface area contributed by atoms with Gasteiger partial charge in [-0.1, -0.05) is 12.8 Å². The number of piperidine rings is 2. The molecule has 0 bridgehead atoms. The van der Waals surface area contributed by atoms with Crippen molar-refractivity contribution in [2.45, 2.75) is 51.6 Å². The first-order chi connectivity index (χ1) is 11.9. The van der Waals surface area contributed by atoms with Crippen molar-refractivity contribution in [1.82, 2.24) is 29.3 Å². The third-order valence-electron chi connectivity index (χ3n) is 5.22. The summed E-state index contributed by atoms with van der Waals surface area (Å²) in [6.45, 7) is 6.51. The van der Waals surface area contributed by atoms with Gasteiger partial charge in [0.05, 0.1) is 13.1 Å². The number of hydrogen-bond acceptors (Lipinski definition) is 4. The lowest BCUT2D eigenvalue weighted by Gasteiger charge is -2.27. The highest BCUT2D eigenvalue weighted by Crippen LogP contribution is 2.16. The Labute approximate surface area is 144 Å². The van der Waals surface area contributed by atoms with Gasteiger partial charge in [0.15, 0.2) is 11.6 Å². The van der Waals surface area contributed by atoms with Gasteiger partial charge in [-0.2, -0.15) is 0 Å².